The maximum absolute atomic E-state index is 12.9. The van der Waals surface area contributed by atoms with Gasteiger partial charge in [-0.2, -0.15) is 0 Å². The van der Waals surface area contributed by atoms with Gasteiger partial charge >= 0.3 is 5.97 Å². The molecule has 3 saturated carbocycles. The smallest absolute Gasteiger partial charge is 0.306 e. The van der Waals surface area contributed by atoms with E-state index in [1.165, 1.54) is 6.08 Å². The van der Waals surface area contributed by atoms with Crippen molar-refractivity contribution in [3.63, 3.8) is 0 Å². The van der Waals surface area contributed by atoms with E-state index in [0.717, 1.165) is 37.7 Å². The minimum absolute atomic E-state index is 0.117. The van der Waals surface area contributed by atoms with Gasteiger partial charge in [0.25, 0.3) is 0 Å². The van der Waals surface area contributed by atoms with Gasteiger partial charge in [-0.05, 0) is 62.9 Å². The molecule has 0 aromatic heterocycles. The van der Waals surface area contributed by atoms with Crippen LogP contribution in [0, 0.1) is 34.5 Å². The van der Waals surface area contributed by atoms with Gasteiger partial charge in [-0.1, -0.05) is 26.3 Å². The van der Waals surface area contributed by atoms with E-state index in [4.69, 9.17) is 4.74 Å². The molecule has 0 aliphatic heterocycles. The molecule has 1 unspecified atom stereocenters. The molecule has 6 heteroatoms. The minimum atomic E-state index is -1.21. The Kier molecular flexibility index (Phi) is 5.04. The van der Waals surface area contributed by atoms with Crippen LogP contribution in [0.1, 0.15) is 66.2 Å². The highest BCUT2D eigenvalue weighted by molar-refractivity contribution is 7.96. The standard InChI is InChI=1S/C24H32O5S/c1-5-20(27)29-24(21(28)30)13(2)10-18-16-7-6-14-11-15(25)12-19(26)23(14,4)17(16)8-9-22(18,24)3/h11-13,16-18,26H,5-10H2,1-4H3,(H,28,30)/t13-,16-,17+,18+,22+,23+,24?/m1/s1. The first-order valence-corrected chi connectivity index (χ1v) is 11.6. The Morgan fingerprint density at radius 1 is 1.23 bits per heavy atom. The Bertz CT molecular complexity index is 875. The van der Waals surface area contributed by atoms with E-state index in [2.05, 4.69) is 26.5 Å². The summed E-state index contributed by atoms with van der Waals surface area (Å²) in [5.41, 5.74) is -1.20. The zero-order valence-electron chi connectivity index (χ0n) is 18.2. The van der Waals surface area contributed by atoms with E-state index in [9.17, 15) is 19.5 Å². The number of hydrogen-bond acceptors (Lipinski definition) is 5. The van der Waals surface area contributed by atoms with Crippen LogP contribution in [-0.4, -0.2) is 27.6 Å². The second-order valence-corrected chi connectivity index (χ2v) is 10.6. The van der Waals surface area contributed by atoms with Crippen molar-refractivity contribution < 1.29 is 24.2 Å². The summed E-state index contributed by atoms with van der Waals surface area (Å²) in [6, 6.07) is 0. The van der Waals surface area contributed by atoms with Gasteiger partial charge in [0, 0.05) is 29.2 Å². The van der Waals surface area contributed by atoms with Crippen molar-refractivity contribution in [1.82, 2.24) is 0 Å². The summed E-state index contributed by atoms with van der Waals surface area (Å²) in [5.74, 6) is 0.222. The maximum atomic E-state index is 12.9. The fourth-order valence-corrected chi connectivity index (χ4v) is 8.12. The van der Waals surface area contributed by atoms with Gasteiger partial charge in [0.05, 0.1) is 0 Å². The second kappa shape index (κ2) is 6.98. The number of aliphatic hydroxyl groups excluding tert-OH is 1. The minimum Gasteiger partial charge on any atom is -0.511 e. The topological polar surface area (TPSA) is 80.7 Å². The normalized spacial score (nSPS) is 44.9. The molecule has 4 rings (SSSR count). The zero-order chi connectivity index (χ0) is 22.1. The largest absolute Gasteiger partial charge is 0.511 e. The molecule has 1 N–H and O–H groups in total. The van der Waals surface area contributed by atoms with Crippen molar-refractivity contribution in [3.8, 4) is 0 Å². The van der Waals surface area contributed by atoms with Crippen LogP contribution < -0.4 is 0 Å². The second-order valence-electron chi connectivity index (χ2n) is 10.2. The number of thiol groups is 1. The summed E-state index contributed by atoms with van der Waals surface area (Å²) in [6.45, 7) is 7.90. The van der Waals surface area contributed by atoms with Crippen molar-refractivity contribution in [2.24, 2.45) is 34.5 Å². The molecule has 0 heterocycles. The number of aliphatic hydroxyl groups is 1. The average Bonchev–Trinajstić information content (AvgIpc) is 2.91. The molecule has 3 fully saturated rings. The van der Waals surface area contributed by atoms with Gasteiger partial charge in [0.1, 0.15) is 5.76 Å². The fourth-order valence-electron chi connectivity index (χ4n) is 7.59. The lowest BCUT2D eigenvalue weighted by Gasteiger charge is -2.58. The lowest BCUT2D eigenvalue weighted by atomic mass is 9.47. The summed E-state index contributed by atoms with van der Waals surface area (Å²) in [7, 11) is 0. The molecule has 7 atom stereocenters. The average molecular weight is 433 g/mol. The predicted octanol–water partition coefficient (Wildman–Crippen LogP) is 4.57. The number of fused-ring (bicyclic) bond motifs is 5. The monoisotopic (exact) mass is 432 g/mol. The summed E-state index contributed by atoms with van der Waals surface area (Å²) >= 11 is 4.24. The lowest BCUT2D eigenvalue weighted by Crippen LogP contribution is -2.60. The Labute approximate surface area is 183 Å². The summed E-state index contributed by atoms with van der Waals surface area (Å²) in [5, 5.41) is 10.5. The van der Waals surface area contributed by atoms with Crippen LogP contribution in [-0.2, 0) is 19.1 Å². The molecule has 0 aromatic carbocycles. The van der Waals surface area contributed by atoms with E-state index < -0.39 is 16.4 Å². The number of ether oxygens (including phenoxy) is 1. The van der Waals surface area contributed by atoms with Gasteiger partial charge in [-0.3, -0.25) is 14.4 Å². The van der Waals surface area contributed by atoms with Gasteiger partial charge in [-0.15, -0.1) is 12.6 Å². The zero-order valence-corrected chi connectivity index (χ0v) is 19.1. The summed E-state index contributed by atoms with van der Waals surface area (Å²) in [4.78, 5) is 37.3. The molecule has 0 bridgehead atoms. The Balaban J connectivity index is 1.76. The van der Waals surface area contributed by atoms with Crippen molar-refractivity contribution in [2.75, 3.05) is 0 Å². The molecular formula is C24H32O5S. The SMILES string of the molecule is CCC(=O)OC1(C(=O)S)[C@H](C)C[C@H]2[C@@H]3CCC4=CC(=O)C=C(O)[C@]4(C)[C@H]3CC[C@@]21C. The Hall–Kier alpha value is -1.56. The van der Waals surface area contributed by atoms with Gasteiger partial charge in [-0.25, -0.2) is 0 Å². The molecule has 4 aliphatic carbocycles. The van der Waals surface area contributed by atoms with Crippen LogP contribution in [0.15, 0.2) is 23.5 Å². The third kappa shape index (κ3) is 2.58. The van der Waals surface area contributed by atoms with Crippen molar-refractivity contribution in [2.45, 2.75) is 71.8 Å². The molecule has 0 saturated heterocycles. The van der Waals surface area contributed by atoms with E-state index in [1.807, 2.05) is 6.92 Å². The molecule has 5 nitrogen and oxygen atoms in total. The van der Waals surface area contributed by atoms with Crippen LogP contribution in [0.5, 0.6) is 0 Å². The number of carbonyl (C=O) groups excluding carboxylic acids is 3. The third-order valence-corrected chi connectivity index (χ3v) is 9.47. The number of ketones is 1. The quantitative estimate of drug-likeness (QED) is 0.504. The molecule has 0 amide bonds. The van der Waals surface area contributed by atoms with Crippen LogP contribution in [0.3, 0.4) is 0 Å². The third-order valence-electron chi connectivity index (χ3n) is 9.14. The number of esters is 1. The Morgan fingerprint density at radius 3 is 2.57 bits per heavy atom. The van der Waals surface area contributed by atoms with Crippen LogP contribution >= 0.6 is 12.6 Å². The number of carbonyl (C=O) groups is 3. The number of allylic oxidation sites excluding steroid dienone is 3. The van der Waals surface area contributed by atoms with E-state index in [0.29, 0.717) is 0 Å². The molecule has 164 valence electrons. The van der Waals surface area contributed by atoms with Gasteiger partial charge < -0.3 is 9.84 Å². The fraction of sp³-hybridized carbons (Fsp3) is 0.708. The first kappa shape index (κ1) is 21.7. The highest BCUT2D eigenvalue weighted by atomic mass is 32.1. The van der Waals surface area contributed by atoms with E-state index in [1.54, 1.807) is 13.0 Å². The van der Waals surface area contributed by atoms with Crippen molar-refractivity contribution in [3.05, 3.63) is 23.5 Å². The molecule has 4 aliphatic rings. The highest BCUT2D eigenvalue weighted by Gasteiger charge is 2.71. The predicted molar refractivity (Wildman–Crippen MR) is 116 cm³/mol. The van der Waals surface area contributed by atoms with Crippen molar-refractivity contribution in [1.29, 1.82) is 0 Å². The van der Waals surface area contributed by atoms with Crippen LogP contribution in [0.25, 0.3) is 0 Å². The number of rotatable bonds is 3. The van der Waals surface area contributed by atoms with Crippen molar-refractivity contribution >= 4 is 29.5 Å². The van der Waals surface area contributed by atoms with E-state index >= 15 is 0 Å². The Morgan fingerprint density at radius 2 is 1.93 bits per heavy atom. The van der Waals surface area contributed by atoms with Gasteiger partial charge in [0.15, 0.2) is 11.4 Å². The highest BCUT2D eigenvalue weighted by Crippen LogP contribution is 2.69. The van der Waals surface area contributed by atoms with E-state index in [-0.39, 0.29) is 52.7 Å². The maximum Gasteiger partial charge on any atom is 0.306 e. The summed E-state index contributed by atoms with van der Waals surface area (Å²) < 4.78 is 5.96. The molecule has 0 radical (unpaired) electrons. The van der Waals surface area contributed by atoms with Crippen LogP contribution in [0.4, 0.5) is 0 Å². The summed E-state index contributed by atoms with van der Waals surface area (Å²) in [6.07, 6.45) is 7.28. The first-order chi connectivity index (χ1) is 14.0. The first-order valence-electron chi connectivity index (χ1n) is 11.1. The molecule has 0 spiro atoms. The molecular weight excluding hydrogens is 400 g/mol. The lowest BCUT2D eigenvalue weighted by molar-refractivity contribution is -0.190. The number of hydrogen-bond donors (Lipinski definition) is 2. The molecule has 0 aromatic rings. The van der Waals surface area contributed by atoms with Gasteiger partial charge in [0.2, 0.25) is 5.12 Å². The molecule has 30 heavy (non-hydrogen) atoms. The van der Waals surface area contributed by atoms with Crippen LogP contribution in [0.2, 0.25) is 0 Å².